The van der Waals surface area contributed by atoms with Crippen LogP contribution in [0.4, 0.5) is 17.1 Å². The molecular weight excluding hydrogens is 330 g/mol. The van der Waals surface area contributed by atoms with E-state index in [2.05, 4.69) is 10.6 Å². The summed E-state index contributed by atoms with van der Waals surface area (Å²) in [7, 11) is 1.57. The highest BCUT2D eigenvalue weighted by Gasteiger charge is 2.16. The summed E-state index contributed by atoms with van der Waals surface area (Å²) < 4.78 is 10.4. The Kier molecular flexibility index (Phi) is 5.91. The summed E-state index contributed by atoms with van der Waals surface area (Å²) in [4.78, 5) is 10.7. The van der Waals surface area contributed by atoms with E-state index in [4.69, 9.17) is 21.7 Å². The van der Waals surface area contributed by atoms with Gasteiger partial charge >= 0.3 is 0 Å². The van der Waals surface area contributed by atoms with Gasteiger partial charge in [-0.15, -0.1) is 0 Å². The molecule has 0 heterocycles. The van der Waals surface area contributed by atoms with Gasteiger partial charge in [0.05, 0.1) is 24.7 Å². The molecule has 0 radical (unpaired) electrons. The van der Waals surface area contributed by atoms with Crippen LogP contribution in [0.25, 0.3) is 0 Å². The average molecular weight is 347 g/mol. The van der Waals surface area contributed by atoms with Gasteiger partial charge in [-0.25, -0.2) is 0 Å². The minimum atomic E-state index is -0.487. The van der Waals surface area contributed by atoms with Gasteiger partial charge in [-0.1, -0.05) is 6.07 Å². The molecule has 2 aromatic carbocycles. The van der Waals surface area contributed by atoms with E-state index in [9.17, 15) is 10.1 Å². The highest BCUT2D eigenvalue weighted by atomic mass is 32.1. The number of hydrogen-bond donors (Lipinski definition) is 2. The number of hydrogen-bond acceptors (Lipinski definition) is 5. The molecule has 0 unspecified atom stereocenters. The maximum atomic E-state index is 11.2. The van der Waals surface area contributed by atoms with Crippen molar-refractivity contribution in [3.63, 3.8) is 0 Å². The first-order chi connectivity index (χ1) is 11.5. The second kappa shape index (κ2) is 8.11. The maximum absolute atomic E-state index is 11.2. The molecule has 2 rings (SSSR count). The predicted molar refractivity (Wildman–Crippen MR) is 97.1 cm³/mol. The van der Waals surface area contributed by atoms with Crippen LogP contribution in [0, 0.1) is 10.1 Å². The third-order valence-electron chi connectivity index (χ3n) is 3.05. The number of methoxy groups -OCH3 is 1. The molecule has 126 valence electrons. The maximum Gasteiger partial charge on any atom is 0.296 e. The van der Waals surface area contributed by atoms with E-state index in [0.717, 1.165) is 0 Å². The number of benzene rings is 2. The molecule has 0 aliphatic carbocycles. The largest absolute Gasteiger partial charge is 0.497 e. The van der Waals surface area contributed by atoms with Gasteiger partial charge in [0.2, 0.25) is 0 Å². The molecule has 0 saturated carbocycles. The predicted octanol–water partition coefficient (Wildman–Crippen LogP) is 3.81. The fourth-order valence-electron chi connectivity index (χ4n) is 2.01. The van der Waals surface area contributed by atoms with Crippen LogP contribution in [0.3, 0.4) is 0 Å². The van der Waals surface area contributed by atoms with Gasteiger partial charge in [0.15, 0.2) is 5.11 Å². The van der Waals surface area contributed by atoms with Crippen LogP contribution >= 0.6 is 12.2 Å². The molecule has 0 spiro atoms. The SMILES string of the molecule is CCOc1ccc(NC(=S)Nc2cccc(OC)c2)c([N+](=O)[O-])c1. The normalized spacial score (nSPS) is 9.92. The smallest absolute Gasteiger partial charge is 0.296 e. The number of anilines is 2. The van der Waals surface area contributed by atoms with Crippen molar-refractivity contribution < 1.29 is 14.4 Å². The molecule has 0 atom stereocenters. The Bertz CT molecular complexity index is 752. The Balaban J connectivity index is 2.14. The molecular formula is C16H17N3O4S. The van der Waals surface area contributed by atoms with E-state index in [0.29, 0.717) is 23.8 Å². The van der Waals surface area contributed by atoms with E-state index >= 15 is 0 Å². The topological polar surface area (TPSA) is 85.7 Å². The number of nitrogens with zero attached hydrogens (tertiary/aromatic N) is 1. The Morgan fingerprint density at radius 2 is 2.00 bits per heavy atom. The lowest BCUT2D eigenvalue weighted by Gasteiger charge is -2.12. The standard InChI is InChI=1S/C16H17N3O4S/c1-3-23-13-7-8-14(15(10-13)19(20)21)18-16(24)17-11-5-4-6-12(9-11)22-2/h4-10H,3H2,1-2H3,(H2,17,18,24). The summed E-state index contributed by atoms with van der Waals surface area (Å²) in [6.45, 7) is 2.24. The number of nitro benzene ring substituents is 1. The van der Waals surface area contributed by atoms with Gasteiger partial charge in [0.25, 0.3) is 5.69 Å². The molecule has 2 aromatic rings. The number of nitro groups is 1. The zero-order valence-electron chi connectivity index (χ0n) is 13.2. The Labute approximate surface area is 144 Å². The minimum Gasteiger partial charge on any atom is -0.497 e. The first-order valence-electron chi connectivity index (χ1n) is 7.16. The first-order valence-corrected chi connectivity index (χ1v) is 7.57. The summed E-state index contributed by atoms with van der Waals surface area (Å²) in [5.74, 6) is 1.11. The van der Waals surface area contributed by atoms with E-state index in [1.165, 1.54) is 6.07 Å². The molecule has 0 aliphatic heterocycles. The molecule has 0 aliphatic rings. The van der Waals surface area contributed by atoms with Crippen LogP contribution in [0.1, 0.15) is 6.92 Å². The lowest BCUT2D eigenvalue weighted by atomic mass is 10.2. The average Bonchev–Trinajstić information content (AvgIpc) is 2.56. The monoisotopic (exact) mass is 347 g/mol. The molecule has 0 saturated heterocycles. The van der Waals surface area contributed by atoms with Crippen LogP contribution < -0.4 is 20.1 Å². The van der Waals surface area contributed by atoms with Crippen LogP contribution in [0.2, 0.25) is 0 Å². The molecule has 24 heavy (non-hydrogen) atoms. The number of thiocarbonyl (C=S) groups is 1. The molecule has 0 fully saturated rings. The van der Waals surface area contributed by atoms with Crippen molar-refractivity contribution in [2.75, 3.05) is 24.4 Å². The van der Waals surface area contributed by atoms with Gasteiger partial charge in [0, 0.05) is 11.8 Å². The van der Waals surface area contributed by atoms with E-state index < -0.39 is 4.92 Å². The Morgan fingerprint density at radius 1 is 1.21 bits per heavy atom. The highest BCUT2D eigenvalue weighted by Crippen LogP contribution is 2.29. The van der Waals surface area contributed by atoms with Crippen LogP contribution in [0.5, 0.6) is 11.5 Å². The van der Waals surface area contributed by atoms with Crippen molar-refractivity contribution in [1.82, 2.24) is 0 Å². The summed E-state index contributed by atoms with van der Waals surface area (Å²) in [6.07, 6.45) is 0. The molecule has 7 nitrogen and oxygen atoms in total. The summed E-state index contributed by atoms with van der Waals surface area (Å²) >= 11 is 5.21. The number of nitrogens with one attached hydrogen (secondary N) is 2. The fourth-order valence-corrected chi connectivity index (χ4v) is 2.24. The summed E-state index contributed by atoms with van der Waals surface area (Å²) in [6, 6.07) is 11.8. The van der Waals surface area contributed by atoms with Crippen LogP contribution in [0.15, 0.2) is 42.5 Å². The number of rotatable bonds is 6. The lowest BCUT2D eigenvalue weighted by Crippen LogP contribution is -2.19. The minimum absolute atomic E-state index is 0.115. The molecule has 0 amide bonds. The summed E-state index contributed by atoms with van der Waals surface area (Å²) in [5, 5.41) is 17.3. The third kappa shape index (κ3) is 4.56. The second-order valence-corrected chi connectivity index (χ2v) is 5.09. The van der Waals surface area contributed by atoms with Gasteiger partial charge < -0.3 is 20.1 Å². The van der Waals surface area contributed by atoms with Gasteiger partial charge in [-0.05, 0) is 43.4 Å². The highest BCUT2D eigenvalue weighted by molar-refractivity contribution is 7.80. The van der Waals surface area contributed by atoms with Gasteiger partial charge in [0.1, 0.15) is 17.2 Å². The molecule has 0 bridgehead atoms. The van der Waals surface area contributed by atoms with Gasteiger partial charge in [-0.2, -0.15) is 0 Å². The van der Waals surface area contributed by atoms with Crippen molar-refractivity contribution in [1.29, 1.82) is 0 Å². The fraction of sp³-hybridized carbons (Fsp3) is 0.188. The van der Waals surface area contributed by atoms with Crippen LogP contribution in [-0.2, 0) is 0 Å². The number of ether oxygens (including phenoxy) is 2. The van der Waals surface area contributed by atoms with Crippen molar-refractivity contribution in [2.24, 2.45) is 0 Å². The van der Waals surface area contributed by atoms with Crippen molar-refractivity contribution in [3.05, 3.63) is 52.6 Å². The third-order valence-corrected chi connectivity index (χ3v) is 3.26. The lowest BCUT2D eigenvalue weighted by molar-refractivity contribution is -0.384. The van der Waals surface area contributed by atoms with Crippen LogP contribution in [-0.4, -0.2) is 23.8 Å². The Morgan fingerprint density at radius 3 is 2.67 bits per heavy atom. The Hall–Kier alpha value is -2.87. The van der Waals surface area contributed by atoms with E-state index in [1.807, 2.05) is 19.1 Å². The quantitative estimate of drug-likeness (QED) is 0.467. The zero-order valence-corrected chi connectivity index (χ0v) is 14.1. The zero-order chi connectivity index (χ0) is 17.5. The van der Waals surface area contributed by atoms with Crippen molar-refractivity contribution in [3.8, 4) is 11.5 Å². The van der Waals surface area contributed by atoms with Crippen molar-refractivity contribution in [2.45, 2.75) is 6.92 Å². The van der Waals surface area contributed by atoms with E-state index in [-0.39, 0.29) is 16.5 Å². The van der Waals surface area contributed by atoms with E-state index in [1.54, 1.807) is 31.4 Å². The first kappa shape index (κ1) is 17.5. The second-order valence-electron chi connectivity index (χ2n) is 4.68. The molecule has 0 aromatic heterocycles. The molecule has 2 N–H and O–H groups in total. The van der Waals surface area contributed by atoms with Gasteiger partial charge in [-0.3, -0.25) is 10.1 Å². The summed E-state index contributed by atoms with van der Waals surface area (Å²) in [5.41, 5.74) is 0.875. The van der Waals surface area contributed by atoms with Crippen molar-refractivity contribution >= 4 is 34.4 Å². The molecule has 8 heteroatoms.